The fourth-order valence-electron chi connectivity index (χ4n) is 2.30. The summed E-state index contributed by atoms with van der Waals surface area (Å²) >= 11 is 0.964. The number of nitrogens with zero attached hydrogens (tertiary/aromatic N) is 1. The van der Waals surface area contributed by atoms with E-state index in [9.17, 15) is 13.2 Å². The van der Waals surface area contributed by atoms with Gasteiger partial charge in [-0.1, -0.05) is 13.8 Å². The zero-order valence-corrected chi connectivity index (χ0v) is 12.8. The van der Waals surface area contributed by atoms with Gasteiger partial charge >= 0.3 is 5.97 Å². The van der Waals surface area contributed by atoms with Crippen LogP contribution in [0.5, 0.6) is 0 Å². The summed E-state index contributed by atoms with van der Waals surface area (Å²) in [6.07, 6.45) is 0.790. The van der Waals surface area contributed by atoms with Gasteiger partial charge in [0.15, 0.2) is 0 Å². The molecular weight excluding hydrogens is 286 g/mol. The lowest BCUT2D eigenvalue weighted by molar-refractivity contribution is 0.0698. The van der Waals surface area contributed by atoms with Crippen LogP contribution in [-0.2, 0) is 10.0 Å². The standard InChI is InChI=1S/C12H17NO4S2/c1-8-6-18-9(11(14)15)10(8)19(16,17)13-5-4-12(2,3)7-13/h6H,4-5,7H2,1-3H3,(H,14,15). The molecule has 2 rings (SSSR count). The summed E-state index contributed by atoms with van der Waals surface area (Å²) in [5.74, 6) is -1.19. The van der Waals surface area contributed by atoms with E-state index in [2.05, 4.69) is 0 Å². The minimum Gasteiger partial charge on any atom is -0.477 e. The number of hydrogen-bond donors (Lipinski definition) is 1. The van der Waals surface area contributed by atoms with Gasteiger partial charge in [-0.05, 0) is 29.7 Å². The van der Waals surface area contributed by atoms with Crippen molar-refractivity contribution in [1.82, 2.24) is 4.31 Å². The molecule has 0 spiro atoms. The Kier molecular flexibility index (Phi) is 3.49. The Hall–Kier alpha value is -0.920. The summed E-state index contributed by atoms with van der Waals surface area (Å²) in [4.78, 5) is 11.0. The second kappa shape index (κ2) is 4.57. The maximum Gasteiger partial charge on any atom is 0.347 e. The zero-order chi connectivity index (χ0) is 14.4. The lowest BCUT2D eigenvalue weighted by Gasteiger charge is -2.20. The van der Waals surface area contributed by atoms with Gasteiger partial charge in [0.1, 0.15) is 9.77 Å². The van der Waals surface area contributed by atoms with Gasteiger partial charge in [0.25, 0.3) is 0 Å². The van der Waals surface area contributed by atoms with Crippen molar-refractivity contribution >= 4 is 27.3 Å². The molecule has 1 saturated heterocycles. The number of aryl methyl sites for hydroxylation is 1. The first-order chi connectivity index (χ1) is 8.65. The predicted molar refractivity (Wildman–Crippen MR) is 73.2 cm³/mol. The lowest BCUT2D eigenvalue weighted by atomic mass is 9.93. The Bertz CT molecular complexity index is 616. The molecule has 5 nitrogen and oxygen atoms in total. The molecular formula is C12H17NO4S2. The Morgan fingerprint density at radius 3 is 2.58 bits per heavy atom. The first kappa shape index (κ1) is 14.5. The number of carboxylic acid groups (broad SMARTS) is 1. The van der Waals surface area contributed by atoms with Crippen LogP contribution in [-0.4, -0.2) is 36.9 Å². The number of sulfonamides is 1. The molecule has 1 aromatic rings. The molecule has 0 radical (unpaired) electrons. The van der Waals surface area contributed by atoms with Gasteiger partial charge < -0.3 is 5.11 Å². The SMILES string of the molecule is Cc1csc(C(=O)O)c1S(=O)(=O)N1CCC(C)(C)C1. The van der Waals surface area contributed by atoms with Crippen molar-refractivity contribution in [1.29, 1.82) is 0 Å². The van der Waals surface area contributed by atoms with Crippen LogP contribution >= 0.6 is 11.3 Å². The number of rotatable bonds is 3. The van der Waals surface area contributed by atoms with Crippen molar-refractivity contribution < 1.29 is 18.3 Å². The summed E-state index contributed by atoms with van der Waals surface area (Å²) < 4.78 is 26.6. The van der Waals surface area contributed by atoms with Crippen LogP contribution in [0.1, 0.15) is 35.5 Å². The minimum absolute atomic E-state index is 0.0392. The molecule has 1 aliphatic rings. The van der Waals surface area contributed by atoms with Gasteiger partial charge in [-0.25, -0.2) is 13.2 Å². The van der Waals surface area contributed by atoms with Gasteiger partial charge in [-0.15, -0.1) is 11.3 Å². The van der Waals surface area contributed by atoms with Gasteiger partial charge in [-0.3, -0.25) is 0 Å². The molecule has 0 aromatic carbocycles. The van der Waals surface area contributed by atoms with Crippen LogP contribution in [0.15, 0.2) is 10.3 Å². The maximum absolute atomic E-state index is 12.6. The van der Waals surface area contributed by atoms with Crippen molar-refractivity contribution in [3.05, 3.63) is 15.8 Å². The fourth-order valence-corrected chi connectivity index (χ4v) is 5.51. The summed E-state index contributed by atoms with van der Waals surface area (Å²) in [6.45, 7) is 6.55. The average Bonchev–Trinajstić information content (AvgIpc) is 2.82. The largest absolute Gasteiger partial charge is 0.477 e. The molecule has 2 heterocycles. The quantitative estimate of drug-likeness (QED) is 0.928. The van der Waals surface area contributed by atoms with Crippen molar-refractivity contribution in [2.24, 2.45) is 5.41 Å². The summed E-state index contributed by atoms with van der Waals surface area (Å²) in [6, 6.07) is 0. The van der Waals surface area contributed by atoms with E-state index < -0.39 is 16.0 Å². The molecule has 0 bridgehead atoms. The van der Waals surface area contributed by atoms with Crippen LogP contribution in [0.4, 0.5) is 0 Å². The van der Waals surface area contributed by atoms with Crippen LogP contribution in [0, 0.1) is 12.3 Å². The molecule has 1 fully saturated rings. The van der Waals surface area contributed by atoms with Gasteiger partial charge in [0.2, 0.25) is 10.0 Å². The Morgan fingerprint density at radius 2 is 2.11 bits per heavy atom. The van der Waals surface area contributed by atoms with E-state index in [4.69, 9.17) is 5.11 Å². The Morgan fingerprint density at radius 1 is 1.47 bits per heavy atom. The fraction of sp³-hybridized carbons (Fsp3) is 0.583. The minimum atomic E-state index is -3.71. The van der Waals surface area contributed by atoms with Gasteiger partial charge in [0.05, 0.1) is 0 Å². The van der Waals surface area contributed by atoms with E-state index in [1.54, 1.807) is 12.3 Å². The van der Waals surface area contributed by atoms with Crippen molar-refractivity contribution in [2.75, 3.05) is 13.1 Å². The van der Waals surface area contributed by atoms with E-state index >= 15 is 0 Å². The molecule has 7 heteroatoms. The number of thiophene rings is 1. The van der Waals surface area contributed by atoms with Crippen molar-refractivity contribution in [3.8, 4) is 0 Å². The first-order valence-corrected chi connectivity index (χ1v) is 8.29. The first-order valence-electron chi connectivity index (χ1n) is 5.97. The Balaban J connectivity index is 2.47. The lowest BCUT2D eigenvalue weighted by Crippen LogP contribution is -2.31. The van der Waals surface area contributed by atoms with Gasteiger partial charge in [0, 0.05) is 13.1 Å². The monoisotopic (exact) mass is 303 g/mol. The number of hydrogen-bond acceptors (Lipinski definition) is 4. The van der Waals surface area contributed by atoms with E-state index in [-0.39, 0.29) is 15.2 Å². The number of carboxylic acids is 1. The Labute approximate surface area is 116 Å². The molecule has 1 aliphatic heterocycles. The molecule has 0 unspecified atom stereocenters. The average molecular weight is 303 g/mol. The van der Waals surface area contributed by atoms with E-state index in [0.717, 1.165) is 17.8 Å². The number of aromatic carboxylic acids is 1. The van der Waals surface area contributed by atoms with Crippen LogP contribution < -0.4 is 0 Å². The third-order valence-electron chi connectivity index (χ3n) is 3.35. The topological polar surface area (TPSA) is 74.7 Å². The molecule has 1 aromatic heterocycles. The van der Waals surface area contributed by atoms with Crippen LogP contribution in [0.3, 0.4) is 0 Å². The third kappa shape index (κ3) is 2.54. The highest BCUT2D eigenvalue weighted by Crippen LogP contribution is 2.36. The predicted octanol–water partition coefficient (Wildman–Crippen LogP) is 2.18. The molecule has 0 saturated carbocycles. The molecule has 0 amide bonds. The maximum atomic E-state index is 12.6. The molecule has 1 N–H and O–H groups in total. The summed E-state index contributed by atoms with van der Waals surface area (Å²) in [5.41, 5.74) is 0.451. The van der Waals surface area contributed by atoms with Gasteiger partial charge in [-0.2, -0.15) is 4.31 Å². The van der Waals surface area contributed by atoms with Crippen molar-refractivity contribution in [3.63, 3.8) is 0 Å². The molecule has 19 heavy (non-hydrogen) atoms. The smallest absolute Gasteiger partial charge is 0.347 e. The normalized spacial score (nSPS) is 19.7. The second-order valence-corrected chi connectivity index (χ2v) is 8.39. The second-order valence-electron chi connectivity index (χ2n) is 5.63. The molecule has 0 aliphatic carbocycles. The van der Waals surface area contributed by atoms with Crippen molar-refractivity contribution in [2.45, 2.75) is 32.1 Å². The van der Waals surface area contributed by atoms with E-state index in [0.29, 0.717) is 18.7 Å². The van der Waals surface area contributed by atoms with E-state index in [1.165, 1.54) is 4.31 Å². The summed E-state index contributed by atoms with van der Waals surface area (Å²) in [5, 5.41) is 10.7. The highest BCUT2D eigenvalue weighted by Gasteiger charge is 2.39. The highest BCUT2D eigenvalue weighted by molar-refractivity contribution is 7.89. The zero-order valence-electron chi connectivity index (χ0n) is 11.1. The van der Waals surface area contributed by atoms with E-state index in [1.807, 2.05) is 13.8 Å². The van der Waals surface area contributed by atoms with Crippen LogP contribution in [0.25, 0.3) is 0 Å². The summed E-state index contributed by atoms with van der Waals surface area (Å²) in [7, 11) is -3.71. The third-order valence-corrected chi connectivity index (χ3v) is 6.60. The van der Waals surface area contributed by atoms with Crippen LogP contribution in [0.2, 0.25) is 0 Å². The number of carbonyl (C=O) groups is 1. The highest BCUT2D eigenvalue weighted by atomic mass is 32.2. The molecule has 106 valence electrons. The molecule has 0 atom stereocenters.